The Kier molecular flexibility index (Phi) is 8.08. The summed E-state index contributed by atoms with van der Waals surface area (Å²) in [6, 6.07) is 19.5. The van der Waals surface area contributed by atoms with Gasteiger partial charge in [0.25, 0.3) is 5.91 Å². The number of piperazine rings is 1. The summed E-state index contributed by atoms with van der Waals surface area (Å²) in [6.45, 7) is 4.80. The second-order valence-corrected chi connectivity index (χ2v) is 12.5. The van der Waals surface area contributed by atoms with E-state index in [2.05, 4.69) is 4.90 Å². The van der Waals surface area contributed by atoms with Crippen LogP contribution in [0.1, 0.15) is 22.8 Å². The molecule has 3 aromatic carbocycles. The van der Waals surface area contributed by atoms with Crippen molar-refractivity contribution in [1.82, 2.24) is 14.2 Å². The number of aromatic nitrogens is 1. The summed E-state index contributed by atoms with van der Waals surface area (Å²) in [5.74, 6) is 0.450. The number of thiazole rings is 1. The minimum absolute atomic E-state index is 0.118. The molecule has 1 aliphatic heterocycles. The number of fused-ring (bicyclic) bond motifs is 1. The lowest BCUT2D eigenvalue weighted by atomic mass is 10.2. The highest BCUT2D eigenvalue weighted by Gasteiger charge is 2.27. The second kappa shape index (κ2) is 11.5. The molecule has 4 aromatic rings. The number of amides is 1. The van der Waals surface area contributed by atoms with Gasteiger partial charge >= 0.3 is 0 Å². The van der Waals surface area contributed by atoms with Crippen LogP contribution in [0.15, 0.2) is 71.6 Å². The van der Waals surface area contributed by atoms with Gasteiger partial charge in [0, 0.05) is 44.8 Å². The maximum atomic E-state index is 13.2. The number of carbonyl (C=O) groups excluding carboxylic acids is 1. The van der Waals surface area contributed by atoms with E-state index in [-0.39, 0.29) is 10.8 Å². The van der Waals surface area contributed by atoms with Crippen LogP contribution in [-0.4, -0.2) is 68.3 Å². The number of sulfonamides is 1. The van der Waals surface area contributed by atoms with Crippen LogP contribution in [0.4, 0.5) is 5.13 Å². The Balaban J connectivity index is 1.24. The lowest BCUT2D eigenvalue weighted by Crippen LogP contribution is -2.48. The average molecular weight is 585 g/mol. The molecule has 39 heavy (non-hydrogen) atoms. The molecule has 1 aliphatic rings. The van der Waals surface area contributed by atoms with E-state index < -0.39 is 10.0 Å². The van der Waals surface area contributed by atoms with E-state index in [9.17, 15) is 13.2 Å². The van der Waals surface area contributed by atoms with Gasteiger partial charge in [0.2, 0.25) is 10.0 Å². The Morgan fingerprint density at radius 3 is 2.36 bits per heavy atom. The van der Waals surface area contributed by atoms with Crippen LogP contribution in [0, 0.1) is 0 Å². The Bertz CT molecular complexity index is 1570. The largest absolute Gasteiger partial charge is 0.493 e. The molecular weight excluding hydrogens is 556 g/mol. The highest BCUT2D eigenvalue weighted by molar-refractivity contribution is 7.89. The van der Waals surface area contributed by atoms with E-state index in [1.54, 1.807) is 41.5 Å². The molecule has 0 saturated carbocycles. The number of hydrogen-bond acceptors (Lipinski definition) is 7. The summed E-state index contributed by atoms with van der Waals surface area (Å²) in [6.07, 6.45) is 0. The van der Waals surface area contributed by atoms with Crippen LogP contribution in [0.5, 0.6) is 5.75 Å². The normalized spacial score (nSPS) is 14.3. The fourth-order valence-electron chi connectivity index (χ4n) is 4.62. The predicted octanol–water partition coefficient (Wildman–Crippen LogP) is 5.13. The molecule has 0 N–H and O–H groups in total. The van der Waals surface area contributed by atoms with Crippen LogP contribution in [0.2, 0.25) is 5.02 Å². The Hall–Kier alpha value is -3.18. The molecule has 1 saturated heterocycles. The predicted molar refractivity (Wildman–Crippen MR) is 155 cm³/mol. The SMILES string of the molecule is CCN(Cc1ccccc1)S(=O)(=O)c1ccc(C(=O)N2CCN(c3nc4c(OC)c(Cl)ccc4s3)CC2)cc1. The van der Waals surface area contributed by atoms with Crippen molar-refractivity contribution in [2.75, 3.05) is 44.7 Å². The van der Waals surface area contributed by atoms with Gasteiger partial charge in [-0.2, -0.15) is 4.31 Å². The molecule has 11 heteroatoms. The molecule has 8 nitrogen and oxygen atoms in total. The van der Waals surface area contributed by atoms with Crippen molar-refractivity contribution in [2.24, 2.45) is 0 Å². The van der Waals surface area contributed by atoms with Crippen LogP contribution in [0.3, 0.4) is 0 Å². The molecule has 0 spiro atoms. The molecule has 2 heterocycles. The molecule has 0 atom stereocenters. The monoisotopic (exact) mass is 584 g/mol. The number of methoxy groups -OCH3 is 1. The standard InChI is InChI=1S/C28H29ClN4O4S2/c1-3-33(19-20-7-5-4-6-8-20)39(35,36)22-11-9-21(10-12-22)27(34)31-15-17-32(18-16-31)28-30-25-24(38-28)14-13-23(29)26(25)37-2/h4-14H,3,15-19H2,1-2H3. The number of ether oxygens (including phenoxy) is 1. The van der Waals surface area contributed by atoms with Crippen molar-refractivity contribution in [1.29, 1.82) is 0 Å². The first-order valence-corrected chi connectivity index (χ1v) is 15.3. The van der Waals surface area contributed by atoms with E-state index in [0.717, 1.165) is 20.9 Å². The topological polar surface area (TPSA) is 83.1 Å². The third-order valence-corrected chi connectivity index (χ3v) is 10.1. The van der Waals surface area contributed by atoms with Gasteiger partial charge in [0.15, 0.2) is 10.9 Å². The summed E-state index contributed by atoms with van der Waals surface area (Å²) in [5.41, 5.74) is 2.12. The molecule has 5 rings (SSSR count). The molecule has 1 aromatic heterocycles. The third-order valence-electron chi connectivity index (χ3n) is 6.79. The van der Waals surface area contributed by atoms with Gasteiger partial charge in [0.05, 0.1) is 21.7 Å². The third kappa shape index (κ3) is 5.60. The molecule has 1 amide bonds. The van der Waals surface area contributed by atoms with Crippen molar-refractivity contribution in [3.63, 3.8) is 0 Å². The van der Waals surface area contributed by atoms with Crippen molar-refractivity contribution >= 4 is 54.2 Å². The number of halogens is 1. The van der Waals surface area contributed by atoms with E-state index in [4.69, 9.17) is 21.3 Å². The zero-order valence-electron chi connectivity index (χ0n) is 21.7. The quantitative estimate of drug-likeness (QED) is 0.285. The van der Waals surface area contributed by atoms with Gasteiger partial charge in [-0.15, -0.1) is 0 Å². The number of benzene rings is 3. The summed E-state index contributed by atoms with van der Waals surface area (Å²) in [5, 5.41) is 1.39. The second-order valence-electron chi connectivity index (χ2n) is 9.14. The molecule has 1 fully saturated rings. The van der Waals surface area contributed by atoms with Crippen LogP contribution in [-0.2, 0) is 16.6 Å². The summed E-state index contributed by atoms with van der Waals surface area (Å²) in [7, 11) is -2.11. The maximum absolute atomic E-state index is 13.2. The minimum atomic E-state index is -3.69. The van der Waals surface area contributed by atoms with Crippen molar-refractivity contribution in [3.8, 4) is 5.75 Å². The van der Waals surface area contributed by atoms with Crippen molar-refractivity contribution < 1.29 is 17.9 Å². The average Bonchev–Trinajstić information content (AvgIpc) is 3.40. The van der Waals surface area contributed by atoms with E-state index >= 15 is 0 Å². The Morgan fingerprint density at radius 2 is 1.72 bits per heavy atom. The van der Waals surface area contributed by atoms with E-state index in [1.165, 1.54) is 16.4 Å². The van der Waals surface area contributed by atoms with Gasteiger partial charge in [0.1, 0.15) is 5.52 Å². The Morgan fingerprint density at radius 1 is 1.03 bits per heavy atom. The maximum Gasteiger partial charge on any atom is 0.253 e. The number of anilines is 1. The minimum Gasteiger partial charge on any atom is -0.493 e. The smallest absolute Gasteiger partial charge is 0.253 e. The lowest BCUT2D eigenvalue weighted by Gasteiger charge is -2.34. The summed E-state index contributed by atoms with van der Waals surface area (Å²) >= 11 is 7.82. The van der Waals surface area contributed by atoms with E-state index in [1.807, 2.05) is 43.3 Å². The van der Waals surface area contributed by atoms with E-state index in [0.29, 0.717) is 55.6 Å². The molecular formula is C28H29ClN4O4S2. The van der Waals surface area contributed by atoms with Gasteiger partial charge < -0.3 is 14.5 Å². The first-order valence-electron chi connectivity index (χ1n) is 12.6. The lowest BCUT2D eigenvalue weighted by molar-refractivity contribution is 0.0746. The van der Waals surface area contributed by atoms with Crippen molar-refractivity contribution in [3.05, 3.63) is 82.9 Å². The fraction of sp³-hybridized carbons (Fsp3) is 0.286. The first kappa shape index (κ1) is 27.4. The molecule has 0 bridgehead atoms. The van der Waals surface area contributed by atoms with Gasteiger partial charge in [-0.1, -0.05) is 60.2 Å². The van der Waals surface area contributed by atoms with Gasteiger partial charge in [-0.3, -0.25) is 4.79 Å². The summed E-state index contributed by atoms with van der Waals surface area (Å²) in [4.78, 5) is 22.1. The Labute approximate surface area is 237 Å². The highest BCUT2D eigenvalue weighted by Crippen LogP contribution is 2.38. The van der Waals surface area contributed by atoms with Gasteiger partial charge in [-0.25, -0.2) is 13.4 Å². The fourth-order valence-corrected chi connectivity index (χ4v) is 7.30. The highest BCUT2D eigenvalue weighted by atomic mass is 35.5. The zero-order valence-corrected chi connectivity index (χ0v) is 24.1. The first-order chi connectivity index (χ1) is 18.8. The molecule has 0 unspecified atom stereocenters. The van der Waals surface area contributed by atoms with Crippen molar-refractivity contribution in [2.45, 2.75) is 18.4 Å². The number of nitrogens with zero attached hydrogens (tertiary/aromatic N) is 4. The van der Waals surface area contributed by atoms with Crippen LogP contribution < -0.4 is 9.64 Å². The molecule has 0 aliphatic carbocycles. The molecule has 204 valence electrons. The van der Waals surface area contributed by atoms with Gasteiger partial charge in [-0.05, 0) is 42.0 Å². The van der Waals surface area contributed by atoms with Crippen LogP contribution in [0.25, 0.3) is 10.2 Å². The number of hydrogen-bond donors (Lipinski definition) is 0. The zero-order chi connectivity index (χ0) is 27.6. The van der Waals surface area contributed by atoms with Crippen LogP contribution >= 0.6 is 22.9 Å². The number of rotatable bonds is 8. The summed E-state index contributed by atoms with van der Waals surface area (Å²) < 4.78 is 34.4. The number of carbonyl (C=O) groups is 1. The molecule has 0 radical (unpaired) electrons.